The first kappa shape index (κ1) is 20.1. The van der Waals surface area contributed by atoms with Crippen LogP contribution in [-0.4, -0.2) is 27.7 Å². The second kappa shape index (κ2) is 8.80. The van der Waals surface area contributed by atoms with E-state index in [1.165, 1.54) is 6.07 Å². The number of aromatic nitrogens is 2. The number of nitrogens with zero attached hydrogens (tertiary/aromatic N) is 2. The van der Waals surface area contributed by atoms with Gasteiger partial charge in [0.1, 0.15) is 5.82 Å². The summed E-state index contributed by atoms with van der Waals surface area (Å²) in [5.41, 5.74) is 1.72. The van der Waals surface area contributed by atoms with Crippen molar-refractivity contribution in [3.05, 3.63) is 51.7 Å². The van der Waals surface area contributed by atoms with Gasteiger partial charge >= 0.3 is 5.97 Å². The van der Waals surface area contributed by atoms with Gasteiger partial charge in [-0.3, -0.25) is 0 Å². The molecule has 1 aromatic carbocycles. The fraction of sp³-hybridized carbons (Fsp3) is 0.312. The predicted octanol–water partition coefficient (Wildman–Crippen LogP) is 3.94. The minimum Gasteiger partial charge on any atom is -0.478 e. The van der Waals surface area contributed by atoms with Gasteiger partial charge in [-0.1, -0.05) is 30.7 Å². The Morgan fingerprint density at radius 2 is 2.04 bits per heavy atom. The lowest BCUT2D eigenvalue weighted by Gasteiger charge is -2.14. The third-order valence-corrected chi connectivity index (χ3v) is 3.68. The van der Waals surface area contributed by atoms with Gasteiger partial charge < -0.3 is 9.84 Å². The monoisotopic (exact) mass is 374 g/mol. The number of carbonyl (C=O) groups is 1. The molecular formula is C16H17Cl2FN2O3. The van der Waals surface area contributed by atoms with Crippen molar-refractivity contribution < 1.29 is 19.0 Å². The van der Waals surface area contributed by atoms with Crippen molar-refractivity contribution in [1.29, 1.82) is 0 Å². The van der Waals surface area contributed by atoms with Gasteiger partial charge in [-0.05, 0) is 25.0 Å². The Morgan fingerprint density at radius 1 is 1.33 bits per heavy atom. The molecule has 8 heteroatoms. The van der Waals surface area contributed by atoms with Gasteiger partial charge in [-0.2, -0.15) is 4.98 Å². The highest BCUT2D eigenvalue weighted by Crippen LogP contribution is 2.28. The van der Waals surface area contributed by atoms with Gasteiger partial charge in [0.25, 0.3) is 0 Å². The van der Waals surface area contributed by atoms with Gasteiger partial charge in [-0.25, -0.2) is 14.2 Å². The van der Waals surface area contributed by atoms with Crippen LogP contribution in [0.3, 0.4) is 0 Å². The van der Waals surface area contributed by atoms with Crippen LogP contribution in [0.4, 0.5) is 4.39 Å². The van der Waals surface area contributed by atoms with Crippen LogP contribution in [0, 0.1) is 5.82 Å². The predicted molar refractivity (Wildman–Crippen MR) is 91.0 cm³/mol. The van der Waals surface area contributed by atoms with Crippen LogP contribution >= 0.6 is 24.0 Å². The normalized spacial score (nSPS) is 10.2. The molecule has 1 heterocycles. The molecule has 0 aliphatic rings. The third-order valence-electron chi connectivity index (χ3n) is 3.26. The molecule has 24 heavy (non-hydrogen) atoms. The maximum Gasteiger partial charge on any atom is 0.374 e. The van der Waals surface area contributed by atoms with E-state index in [4.69, 9.17) is 21.4 Å². The van der Waals surface area contributed by atoms with Crippen LogP contribution < -0.4 is 4.74 Å². The summed E-state index contributed by atoms with van der Waals surface area (Å²) in [4.78, 5) is 19.1. The van der Waals surface area contributed by atoms with Gasteiger partial charge in [-0.15, -0.1) is 12.4 Å². The molecule has 5 nitrogen and oxygen atoms in total. The Bertz CT molecular complexity index is 742. The lowest BCUT2D eigenvalue weighted by atomic mass is 10.0. The van der Waals surface area contributed by atoms with Crippen LogP contribution in [0.15, 0.2) is 18.2 Å². The summed E-state index contributed by atoms with van der Waals surface area (Å²) in [6, 6.07) is 4.54. The first-order valence-corrected chi connectivity index (χ1v) is 7.54. The molecule has 0 radical (unpaired) electrons. The number of hydrogen-bond acceptors (Lipinski definition) is 4. The molecule has 0 spiro atoms. The Hall–Kier alpha value is -1.92. The summed E-state index contributed by atoms with van der Waals surface area (Å²) < 4.78 is 19.1. The van der Waals surface area contributed by atoms with Crippen molar-refractivity contribution in [2.45, 2.75) is 26.7 Å². The number of benzene rings is 1. The molecule has 0 saturated carbocycles. The summed E-state index contributed by atoms with van der Waals surface area (Å²) in [7, 11) is 0. The van der Waals surface area contributed by atoms with E-state index in [-0.39, 0.29) is 35.6 Å². The molecule has 0 saturated heterocycles. The number of aromatic carboxylic acids is 1. The topological polar surface area (TPSA) is 72.3 Å². The average molecular weight is 375 g/mol. The summed E-state index contributed by atoms with van der Waals surface area (Å²) in [5, 5.41) is 9.13. The lowest BCUT2D eigenvalue weighted by molar-refractivity contribution is 0.0681. The van der Waals surface area contributed by atoms with Gasteiger partial charge in [0.15, 0.2) is 0 Å². The highest BCUT2D eigenvalue weighted by Gasteiger charge is 2.19. The van der Waals surface area contributed by atoms with E-state index in [1.807, 2.05) is 6.92 Å². The number of rotatable bonds is 6. The Balaban J connectivity index is 0.00000288. The van der Waals surface area contributed by atoms with Crippen molar-refractivity contribution in [2.24, 2.45) is 0 Å². The molecular weight excluding hydrogens is 358 g/mol. The first-order valence-electron chi connectivity index (χ1n) is 7.16. The van der Waals surface area contributed by atoms with Crippen LogP contribution in [0.1, 0.15) is 41.3 Å². The van der Waals surface area contributed by atoms with E-state index >= 15 is 0 Å². The summed E-state index contributed by atoms with van der Waals surface area (Å²) >= 11 is 6.00. The minimum atomic E-state index is -1.23. The van der Waals surface area contributed by atoms with E-state index in [1.54, 1.807) is 19.1 Å². The smallest absolute Gasteiger partial charge is 0.374 e. The van der Waals surface area contributed by atoms with Crippen molar-refractivity contribution >= 4 is 30.0 Å². The quantitative estimate of drug-likeness (QED) is 0.828. The van der Waals surface area contributed by atoms with Crippen molar-refractivity contribution in [1.82, 2.24) is 9.97 Å². The third kappa shape index (κ3) is 4.33. The molecule has 1 aromatic heterocycles. The van der Waals surface area contributed by atoms with Crippen LogP contribution in [0.5, 0.6) is 5.88 Å². The standard InChI is InChI=1S/C16H16ClFN2O3.ClH/c1-3-12-10(8-9-6-5-7-11(18)13(9)17)15(23-4-2)20-14(19-12)16(21)22;/h5-7H,3-4,8H2,1-2H3,(H,21,22);1H. The molecule has 0 atom stereocenters. The SMILES string of the molecule is CCOc1nc(C(=O)O)nc(CC)c1Cc1cccc(F)c1Cl.Cl. The zero-order valence-corrected chi connectivity index (χ0v) is 14.7. The number of hydrogen-bond donors (Lipinski definition) is 1. The summed E-state index contributed by atoms with van der Waals surface area (Å²) in [6.45, 7) is 3.94. The van der Waals surface area contributed by atoms with Crippen LogP contribution in [0.25, 0.3) is 0 Å². The lowest BCUT2D eigenvalue weighted by Crippen LogP contribution is -2.13. The second-order valence-corrected chi connectivity index (χ2v) is 5.14. The molecule has 0 amide bonds. The molecule has 2 rings (SSSR count). The highest BCUT2D eigenvalue weighted by molar-refractivity contribution is 6.31. The fourth-order valence-electron chi connectivity index (χ4n) is 2.20. The largest absolute Gasteiger partial charge is 0.478 e. The molecule has 1 N–H and O–H groups in total. The van der Waals surface area contributed by atoms with Crippen LogP contribution in [0.2, 0.25) is 5.02 Å². The molecule has 0 aliphatic carbocycles. The van der Waals surface area contributed by atoms with E-state index in [0.717, 1.165) is 0 Å². The average Bonchev–Trinajstić information content (AvgIpc) is 2.53. The zero-order valence-electron chi connectivity index (χ0n) is 13.2. The highest BCUT2D eigenvalue weighted by atomic mass is 35.5. The van der Waals surface area contributed by atoms with Crippen molar-refractivity contribution in [3.8, 4) is 5.88 Å². The number of ether oxygens (including phenoxy) is 1. The van der Waals surface area contributed by atoms with Crippen molar-refractivity contribution in [2.75, 3.05) is 6.61 Å². The number of halogens is 3. The van der Waals surface area contributed by atoms with Gasteiger partial charge in [0.2, 0.25) is 11.7 Å². The Labute approximate surface area is 150 Å². The maximum absolute atomic E-state index is 13.6. The molecule has 0 aliphatic heterocycles. The maximum atomic E-state index is 13.6. The van der Waals surface area contributed by atoms with E-state index in [2.05, 4.69) is 9.97 Å². The molecule has 130 valence electrons. The summed E-state index contributed by atoms with van der Waals surface area (Å²) in [5.74, 6) is -1.87. The Kier molecular flexibility index (Phi) is 7.38. The number of carboxylic acid groups (broad SMARTS) is 1. The van der Waals surface area contributed by atoms with Gasteiger partial charge in [0.05, 0.1) is 17.3 Å². The van der Waals surface area contributed by atoms with Crippen LogP contribution in [-0.2, 0) is 12.8 Å². The molecule has 0 bridgehead atoms. The Morgan fingerprint density at radius 3 is 2.62 bits per heavy atom. The summed E-state index contributed by atoms with van der Waals surface area (Å²) in [6.07, 6.45) is 0.750. The molecule has 0 unspecified atom stereocenters. The van der Waals surface area contributed by atoms with E-state index < -0.39 is 11.8 Å². The van der Waals surface area contributed by atoms with E-state index in [0.29, 0.717) is 29.8 Å². The van der Waals surface area contributed by atoms with Crippen molar-refractivity contribution in [3.63, 3.8) is 0 Å². The van der Waals surface area contributed by atoms with Gasteiger partial charge in [0, 0.05) is 12.0 Å². The minimum absolute atomic E-state index is 0. The first-order chi connectivity index (χ1) is 11.0. The van der Waals surface area contributed by atoms with E-state index in [9.17, 15) is 9.18 Å². The molecule has 2 aromatic rings. The second-order valence-electron chi connectivity index (χ2n) is 4.76. The number of carboxylic acids is 1. The fourth-order valence-corrected chi connectivity index (χ4v) is 2.40. The number of aryl methyl sites for hydroxylation is 1. The zero-order chi connectivity index (χ0) is 17.0. The molecule has 0 fully saturated rings.